The number of hydrogen-bond acceptors (Lipinski definition) is 9. The zero-order valence-corrected chi connectivity index (χ0v) is 38.0. The molecule has 60 heavy (non-hydrogen) atoms. The van der Waals surface area contributed by atoms with Gasteiger partial charge in [0, 0.05) is 36.3 Å². The maximum atomic E-state index is 13.7. The number of nitrogens with one attached hydrogen (secondary N) is 2. The van der Waals surface area contributed by atoms with E-state index in [1.54, 1.807) is 0 Å². The molecular formula is C45H72N4O9S2. The van der Waals surface area contributed by atoms with Crippen LogP contribution in [0, 0.1) is 20.2 Å². The van der Waals surface area contributed by atoms with Crippen LogP contribution in [0.4, 0.5) is 11.4 Å². The fourth-order valence-electron chi connectivity index (χ4n) is 8.05. The molecule has 0 heterocycles. The Hall–Kier alpha value is -3.27. The Bertz CT molecular complexity index is 1750. The molecule has 0 radical (unpaired) electrons. The molecule has 0 atom stereocenters. The van der Waals surface area contributed by atoms with Crippen LogP contribution in [0.25, 0.3) is 11.1 Å². The van der Waals surface area contributed by atoms with Crippen LogP contribution in [0.5, 0.6) is 0 Å². The van der Waals surface area contributed by atoms with Crippen molar-refractivity contribution in [2.45, 2.75) is 203 Å². The van der Waals surface area contributed by atoms with Gasteiger partial charge in [0.15, 0.2) is 5.78 Å². The molecule has 0 spiro atoms. The van der Waals surface area contributed by atoms with Gasteiger partial charge in [-0.3, -0.25) is 25.0 Å². The van der Waals surface area contributed by atoms with E-state index in [1.807, 2.05) is 0 Å². The van der Waals surface area contributed by atoms with Crippen molar-refractivity contribution in [1.29, 1.82) is 0 Å². The van der Waals surface area contributed by atoms with Crippen LogP contribution >= 0.6 is 0 Å². The molecule has 338 valence electrons. The highest BCUT2D eigenvalue weighted by Gasteiger charge is 2.41. The molecule has 3 rings (SSSR count). The van der Waals surface area contributed by atoms with Gasteiger partial charge in [-0.05, 0) is 25.0 Å². The number of fused-ring (bicyclic) bond motifs is 3. The molecule has 0 aliphatic heterocycles. The summed E-state index contributed by atoms with van der Waals surface area (Å²) in [6, 6.07) is 3.54. The summed E-state index contributed by atoms with van der Waals surface area (Å²) in [6.45, 7) is 4.64. The van der Waals surface area contributed by atoms with E-state index in [0.29, 0.717) is 12.8 Å². The topological polar surface area (TPSA) is 196 Å². The normalized spacial score (nSPS) is 12.5. The lowest BCUT2D eigenvalue weighted by Gasteiger charge is -2.10. The average Bonchev–Trinajstić information content (AvgIpc) is 3.50. The number of carbonyl (C=O) groups excluding carboxylic acids is 1. The number of nitro groups is 2. The van der Waals surface area contributed by atoms with E-state index < -0.39 is 79.1 Å². The van der Waals surface area contributed by atoms with Crippen molar-refractivity contribution in [2.75, 3.05) is 13.1 Å². The van der Waals surface area contributed by atoms with E-state index in [0.717, 1.165) is 75.6 Å². The van der Waals surface area contributed by atoms with Gasteiger partial charge in [-0.2, -0.15) is 0 Å². The lowest BCUT2D eigenvalue weighted by atomic mass is 10.0. The Morgan fingerprint density at radius 1 is 0.433 bits per heavy atom. The Balaban J connectivity index is 1.53. The van der Waals surface area contributed by atoms with Gasteiger partial charge < -0.3 is 0 Å². The van der Waals surface area contributed by atoms with Crippen LogP contribution < -0.4 is 9.44 Å². The number of benzene rings is 2. The van der Waals surface area contributed by atoms with Gasteiger partial charge in [0.2, 0.25) is 20.0 Å². The Labute approximate surface area is 360 Å². The number of ketones is 1. The Morgan fingerprint density at radius 2 is 0.683 bits per heavy atom. The molecule has 0 unspecified atom stereocenters. The third-order valence-corrected chi connectivity index (χ3v) is 14.5. The van der Waals surface area contributed by atoms with Gasteiger partial charge >= 0.3 is 0 Å². The number of unbranched alkanes of at least 4 members (excludes halogenated alkanes) is 26. The van der Waals surface area contributed by atoms with E-state index >= 15 is 0 Å². The summed E-state index contributed by atoms with van der Waals surface area (Å²) in [5, 5.41) is 24.6. The second kappa shape index (κ2) is 27.6. The second-order valence-corrected chi connectivity index (χ2v) is 20.1. The maximum Gasteiger partial charge on any atom is 0.279 e. The van der Waals surface area contributed by atoms with Gasteiger partial charge in [0.05, 0.1) is 30.8 Å². The first-order valence-electron chi connectivity index (χ1n) is 23.0. The first-order chi connectivity index (χ1) is 28.9. The van der Waals surface area contributed by atoms with Crippen LogP contribution in [0.3, 0.4) is 0 Å². The third kappa shape index (κ3) is 16.9. The monoisotopic (exact) mass is 876 g/mol. The lowest BCUT2D eigenvalue weighted by Crippen LogP contribution is -2.25. The summed E-state index contributed by atoms with van der Waals surface area (Å²) in [5.74, 6) is -0.931. The Morgan fingerprint density at radius 3 is 0.933 bits per heavy atom. The van der Waals surface area contributed by atoms with Crippen LogP contribution in [0.1, 0.15) is 210 Å². The molecule has 13 nitrogen and oxygen atoms in total. The molecule has 1 aliphatic rings. The standard InChI is InChI=1S/C45H72N4O9S2/c1-3-5-7-9-11-13-15-17-19-21-23-25-27-29-31-46-59(55,56)37-33-39-43(41(35-37)48(51)52)44-40(45(39)50)34-38(36-42(44)49(53)54)60(57,58)47-32-30-28-26-24-22-20-18-16-14-12-10-8-6-4-2/h33-36,46-47H,3-32H2,1-2H3. The van der Waals surface area contributed by atoms with Crippen molar-refractivity contribution in [1.82, 2.24) is 9.44 Å². The van der Waals surface area contributed by atoms with Crippen molar-refractivity contribution < 1.29 is 31.5 Å². The van der Waals surface area contributed by atoms with Crippen molar-refractivity contribution in [3.05, 3.63) is 55.6 Å². The molecular weight excluding hydrogens is 805 g/mol. The lowest BCUT2D eigenvalue weighted by molar-refractivity contribution is -0.386. The molecule has 0 amide bonds. The van der Waals surface area contributed by atoms with Crippen molar-refractivity contribution >= 4 is 37.2 Å². The molecule has 2 N–H and O–H groups in total. The Kier molecular flexibility index (Phi) is 23.5. The maximum absolute atomic E-state index is 13.7. The number of nitrogens with zero attached hydrogens (tertiary/aromatic N) is 2. The van der Waals surface area contributed by atoms with E-state index in [4.69, 9.17) is 0 Å². The van der Waals surface area contributed by atoms with E-state index in [-0.39, 0.29) is 13.1 Å². The highest BCUT2D eigenvalue weighted by atomic mass is 32.2. The molecule has 2 aromatic rings. The van der Waals surface area contributed by atoms with Crippen molar-refractivity contribution in [3.63, 3.8) is 0 Å². The first-order valence-corrected chi connectivity index (χ1v) is 26.0. The fraction of sp³-hybridized carbons (Fsp3) is 0.711. The van der Waals surface area contributed by atoms with Gasteiger partial charge in [0.1, 0.15) is 0 Å². The minimum Gasteiger partial charge on any atom is -0.289 e. The summed E-state index contributed by atoms with van der Waals surface area (Å²) in [5.41, 5.74) is -3.24. The van der Waals surface area contributed by atoms with Crippen LogP contribution in [0.15, 0.2) is 34.1 Å². The van der Waals surface area contributed by atoms with Crippen molar-refractivity contribution in [2.24, 2.45) is 0 Å². The molecule has 0 bridgehead atoms. The van der Waals surface area contributed by atoms with E-state index in [1.165, 1.54) is 116 Å². The molecule has 0 saturated carbocycles. The zero-order chi connectivity index (χ0) is 43.8. The molecule has 0 fully saturated rings. The smallest absolute Gasteiger partial charge is 0.279 e. The molecule has 0 aromatic heterocycles. The summed E-state index contributed by atoms with van der Waals surface area (Å²) < 4.78 is 58.2. The molecule has 1 aliphatic carbocycles. The SMILES string of the molecule is CCCCCCCCCCCCCCCCNS(=O)(=O)c1cc2c(c([N+](=O)[O-])c1)-c1c(cc(S(=O)(=O)NCCCCCCCCCCCCCCCC)cc1[N+](=O)[O-])C2=O. The quantitative estimate of drug-likeness (QED) is 0.0324. The van der Waals surface area contributed by atoms with Gasteiger partial charge in [-0.15, -0.1) is 0 Å². The number of hydrogen-bond donors (Lipinski definition) is 2. The summed E-state index contributed by atoms with van der Waals surface area (Å²) in [4.78, 5) is 35.5. The zero-order valence-electron chi connectivity index (χ0n) is 36.4. The number of carbonyl (C=O) groups is 1. The third-order valence-electron chi connectivity index (χ3n) is 11.6. The molecule has 0 saturated heterocycles. The first kappa shape index (κ1) is 51.1. The van der Waals surface area contributed by atoms with Crippen LogP contribution in [0.2, 0.25) is 0 Å². The number of rotatable bonds is 36. The van der Waals surface area contributed by atoms with Gasteiger partial charge in [0.25, 0.3) is 11.4 Å². The van der Waals surface area contributed by atoms with Gasteiger partial charge in [-0.1, -0.05) is 181 Å². The predicted octanol–water partition coefficient (Wildman–Crippen LogP) is 12.2. The molecule has 2 aromatic carbocycles. The van der Waals surface area contributed by atoms with Crippen molar-refractivity contribution in [3.8, 4) is 11.1 Å². The van der Waals surface area contributed by atoms with Crippen LogP contribution in [-0.4, -0.2) is 45.6 Å². The summed E-state index contributed by atoms with van der Waals surface area (Å²) in [7, 11) is -8.60. The summed E-state index contributed by atoms with van der Waals surface area (Å²) in [6.07, 6.45) is 32.1. The second-order valence-electron chi connectivity index (χ2n) is 16.6. The largest absolute Gasteiger partial charge is 0.289 e. The van der Waals surface area contributed by atoms with E-state index in [2.05, 4.69) is 23.3 Å². The van der Waals surface area contributed by atoms with E-state index in [9.17, 15) is 41.9 Å². The minimum absolute atomic E-state index is 0.0957. The van der Waals surface area contributed by atoms with Gasteiger partial charge in [-0.25, -0.2) is 26.3 Å². The highest BCUT2D eigenvalue weighted by Crippen LogP contribution is 2.49. The fourth-order valence-corrected chi connectivity index (χ4v) is 10.3. The van der Waals surface area contributed by atoms with Crippen LogP contribution in [-0.2, 0) is 20.0 Å². The summed E-state index contributed by atoms with van der Waals surface area (Å²) >= 11 is 0. The number of sulfonamides is 2. The average molecular weight is 877 g/mol. The number of nitro benzene ring substituents is 2. The highest BCUT2D eigenvalue weighted by molar-refractivity contribution is 7.89. The predicted molar refractivity (Wildman–Crippen MR) is 240 cm³/mol. The molecule has 15 heteroatoms. The minimum atomic E-state index is -4.30.